The number of nitrogens with zero attached hydrogens (tertiary/aromatic N) is 4. The Labute approximate surface area is 147 Å². The summed E-state index contributed by atoms with van der Waals surface area (Å²) in [5.74, 6) is 0.975. The summed E-state index contributed by atoms with van der Waals surface area (Å²) in [7, 11) is 0. The van der Waals surface area contributed by atoms with Gasteiger partial charge in [0, 0.05) is 40.0 Å². The summed E-state index contributed by atoms with van der Waals surface area (Å²) in [6, 6.07) is 5.34. The van der Waals surface area contributed by atoms with Crippen LogP contribution in [0, 0.1) is 19.7 Å². The van der Waals surface area contributed by atoms with Gasteiger partial charge in [0.1, 0.15) is 17.2 Å². The van der Waals surface area contributed by atoms with E-state index in [9.17, 15) is 4.39 Å². The minimum atomic E-state index is -0.383. The Morgan fingerprint density at radius 1 is 1.08 bits per heavy atom. The van der Waals surface area contributed by atoms with Crippen LogP contribution in [-0.4, -0.2) is 19.9 Å². The van der Waals surface area contributed by atoms with Crippen LogP contribution in [0.25, 0.3) is 22.0 Å². The average Bonchev–Trinajstić information content (AvgIpc) is 3.00. The number of thiazole rings is 1. The van der Waals surface area contributed by atoms with E-state index in [1.54, 1.807) is 23.7 Å². The predicted octanol–water partition coefficient (Wildman–Crippen LogP) is 4.65. The first kappa shape index (κ1) is 15.6. The Bertz CT molecular complexity index is 1080. The number of nitrogens with one attached hydrogen (secondary N) is 1. The fraction of sp³-hybridized carbons (Fsp3) is 0.111. The number of aromatic nitrogens is 4. The Morgan fingerprint density at radius 2 is 1.96 bits per heavy atom. The third kappa shape index (κ3) is 3.06. The summed E-state index contributed by atoms with van der Waals surface area (Å²) in [6.45, 7) is 3.87. The van der Waals surface area contributed by atoms with E-state index in [-0.39, 0.29) is 5.82 Å². The first-order valence-electron chi connectivity index (χ1n) is 7.66. The van der Waals surface area contributed by atoms with Crippen LogP contribution >= 0.6 is 11.3 Å². The van der Waals surface area contributed by atoms with Crippen LogP contribution in [0.3, 0.4) is 0 Å². The lowest BCUT2D eigenvalue weighted by atomic mass is 10.0. The topological polar surface area (TPSA) is 63.6 Å². The van der Waals surface area contributed by atoms with Gasteiger partial charge in [-0.1, -0.05) is 6.07 Å². The molecule has 4 aromatic heterocycles. The third-order valence-corrected chi connectivity index (χ3v) is 4.53. The van der Waals surface area contributed by atoms with Gasteiger partial charge in [-0.05, 0) is 26.0 Å². The number of aryl methyl sites for hydroxylation is 2. The molecule has 0 fully saturated rings. The molecule has 5 nitrogen and oxygen atoms in total. The van der Waals surface area contributed by atoms with Crippen molar-refractivity contribution < 1.29 is 4.39 Å². The molecule has 0 radical (unpaired) electrons. The number of rotatable bonds is 3. The largest absolute Gasteiger partial charge is 0.322 e. The third-order valence-electron chi connectivity index (χ3n) is 3.75. The zero-order chi connectivity index (χ0) is 17.4. The minimum absolute atomic E-state index is 0.383. The summed E-state index contributed by atoms with van der Waals surface area (Å²) >= 11 is 1.56. The van der Waals surface area contributed by atoms with Crippen LogP contribution in [0.4, 0.5) is 16.0 Å². The number of hydrogen-bond acceptors (Lipinski definition) is 6. The molecule has 4 aromatic rings. The highest BCUT2D eigenvalue weighted by Gasteiger charge is 2.13. The van der Waals surface area contributed by atoms with Crippen LogP contribution in [0.15, 0.2) is 42.2 Å². The first-order chi connectivity index (χ1) is 12.1. The molecule has 0 unspecified atom stereocenters. The fourth-order valence-electron chi connectivity index (χ4n) is 2.64. The van der Waals surface area contributed by atoms with Gasteiger partial charge in [-0.3, -0.25) is 4.98 Å². The van der Waals surface area contributed by atoms with Gasteiger partial charge in [-0.2, -0.15) is 0 Å². The van der Waals surface area contributed by atoms with Crippen molar-refractivity contribution in [2.24, 2.45) is 0 Å². The molecule has 0 amide bonds. The summed E-state index contributed by atoms with van der Waals surface area (Å²) in [5.41, 5.74) is 3.04. The van der Waals surface area contributed by atoms with Crippen molar-refractivity contribution in [3.05, 3.63) is 58.7 Å². The molecule has 0 saturated carbocycles. The van der Waals surface area contributed by atoms with Gasteiger partial charge >= 0.3 is 0 Å². The smallest absolute Gasteiger partial charge is 0.158 e. The van der Waals surface area contributed by atoms with Gasteiger partial charge in [0.2, 0.25) is 0 Å². The molecular formula is C18H14FN5S. The van der Waals surface area contributed by atoms with Gasteiger partial charge in [-0.15, -0.1) is 11.3 Å². The van der Waals surface area contributed by atoms with Gasteiger partial charge in [0.25, 0.3) is 0 Å². The van der Waals surface area contributed by atoms with Crippen molar-refractivity contribution in [3.63, 3.8) is 0 Å². The van der Waals surface area contributed by atoms with Crippen molar-refractivity contribution in [2.75, 3.05) is 5.32 Å². The van der Waals surface area contributed by atoms with Crippen LogP contribution in [0.2, 0.25) is 0 Å². The van der Waals surface area contributed by atoms with Crippen molar-refractivity contribution >= 4 is 33.9 Å². The predicted molar refractivity (Wildman–Crippen MR) is 97.6 cm³/mol. The number of hydrogen-bond donors (Lipinski definition) is 1. The van der Waals surface area contributed by atoms with Crippen LogP contribution < -0.4 is 5.32 Å². The van der Waals surface area contributed by atoms with Gasteiger partial charge in [-0.25, -0.2) is 19.3 Å². The molecule has 0 aliphatic heterocycles. The lowest BCUT2D eigenvalue weighted by Gasteiger charge is -2.11. The summed E-state index contributed by atoms with van der Waals surface area (Å²) < 4.78 is 13.6. The van der Waals surface area contributed by atoms with Crippen molar-refractivity contribution in [2.45, 2.75) is 13.8 Å². The number of anilines is 2. The normalized spacial score (nSPS) is 11.0. The highest BCUT2D eigenvalue weighted by molar-refractivity contribution is 7.09. The molecule has 0 aliphatic carbocycles. The van der Waals surface area contributed by atoms with E-state index < -0.39 is 0 Å². The molecule has 0 aliphatic rings. The van der Waals surface area contributed by atoms with E-state index in [0.29, 0.717) is 16.9 Å². The summed E-state index contributed by atoms with van der Waals surface area (Å²) in [4.78, 5) is 17.5. The second kappa shape index (κ2) is 6.18. The van der Waals surface area contributed by atoms with E-state index in [1.807, 2.05) is 31.4 Å². The molecule has 0 aromatic carbocycles. The van der Waals surface area contributed by atoms with Crippen LogP contribution in [0.1, 0.15) is 10.7 Å². The molecule has 124 valence electrons. The maximum Gasteiger partial charge on any atom is 0.158 e. The molecule has 4 rings (SSSR count). The minimum Gasteiger partial charge on any atom is -0.322 e. The highest BCUT2D eigenvalue weighted by atomic mass is 32.1. The highest BCUT2D eigenvalue weighted by Crippen LogP contribution is 2.32. The first-order valence-corrected chi connectivity index (χ1v) is 8.54. The monoisotopic (exact) mass is 351 g/mol. The Balaban J connectivity index is 1.89. The van der Waals surface area contributed by atoms with Crippen LogP contribution in [-0.2, 0) is 0 Å². The lowest BCUT2D eigenvalue weighted by molar-refractivity contribution is 0.622. The molecule has 4 heterocycles. The average molecular weight is 351 g/mol. The fourth-order valence-corrected chi connectivity index (χ4v) is 3.18. The quantitative estimate of drug-likeness (QED) is 0.582. The molecule has 0 bridgehead atoms. The SMILES string of the molecule is Cc1ccc2c(-c3cncc(F)c3)cnc(Nc3csc(C)n3)c2n1. The second-order valence-electron chi connectivity index (χ2n) is 5.64. The number of fused-ring (bicyclic) bond motifs is 1. The summed E-state index contributed by atoms with van der Waals surface area (Å²) in [5, 5.41) is 7.00. The Morgan fingerprint density at radius 3 is 2.72 bits per heavy atom. The standard InChI is InChI=1S/C18H14FN5S/c1-10-3-4-14-15(12-5-13(19)7-20-6-12)8-21-18(17(14)22-10)24-16-9-25-11(2)23-16/h3-9H,1-2H3,(H,21,24). The molecule has 0 spiro atoms. The van der Waals surface area contributed by atoms with E-state index in [4.69, 9.17) is 0 Å². The lowest BCUT2D eigenvalue weighted by Crippen LogP contribution is -1.99. The molecule has 0 atom stereocenters. The maximum absolute atomic E-state index is 13.6. The van der Waals surface area contributed by atoms with E-state index in [2.05, 4.69) is 25.3 Å². The van der Waals surface area contributed by atoms with Crippen molar-refractivity contribution in [3.8, 4) is 11.1 Å². The molecular weight excluding hydrogens is 337 g/mol. The van der Waals surface area contributed by atoms with E-state index >= 15 is 0 Å². The Kier molecular flexibility index (Phi) is 3.85. The molecule has 7 heteroatoms. The Hall–Kier alpha value is -2.93. The van der Waals surface area contributed by atoms with Crippen LogP contribution in [0.5, 0.6) is 0 Å². The van der Waals surface area contributed by atoms with Gasteiger partial charge in [0.15, 0.2) is 5.82 Å². The maximum atomic E-state index is 13.6. The second-order valence-corrected chi connectivity index (χ2v) is 6.70. The van der Waals surface area contributed by atoms with Gasteiger partial charge < -0.3 is 5.32 Å². The van der Waals surface area contributed by atoms with E-state index in [1.165, 1.54) is 12.3 Å². The molecule has 0 saturated heterocycles. The number of pyridine rings is 3. The van der Waals surface area contributed by atoms with E-state index in [0.717, 1.165) is 27.5 Å². The summed E-state index contributed by atoms with van der Waals surface area (Å²) in [6.07, 6.45) is 4.51. The van der Waals surface area contributed by atoms with Gasteiger partial charge in [0.05, 0.1) is 11.2 Å². The molecule has 1 N–H and O–H groups in total. The van der Waals surface area contributed by atoms with Crippen molar-refractivity contribution in [1.29, 1.82) is 0 Å². The number of halogens is 1. The zero-order valence-corrected chi connectivity index (χ0v) is 14.4. The zero-order valence-electron chi connectivity index (χ0n) is 13.6. The molecule has 25 heavy (non-hydrogen) atoms. The van der Waals surface area contributed by atoms with Crippen molar-refractivity contribution in [1.82, 2.24) is 19.9 Å².